The van der Waals surface area contributed by atoms with Gasteiger partial charge in [0.2, 0.25) is 0 Å². The largest absolute Gasteiger partial charge is 0.278 e. The van der Waals surface area contributed by atoms with E-state index in [-0.39, 0.29) is 5.92 Å². The lowest BCUT2D eigenvalue weighted by molar-refractivity contribution is 0.834. The van der Waals surface area contributed by atoms with Crippen molar-refractivity contribution in [2.45, 2.75) is 12.3 Å². The minimum absolute atomic E-state index is 0.270. The molecule has 0 aliphatic carbocycles. The average molecular weight is 235 g/mol. The lowest BCUT2D eigenvalue weighted by Crippen LogP contribution is -1.98. The normalized spacial score (nSPS) is 12.7. The minimum Gasteiger partial charge on any atom is -0.278 e. The molecule has 2 aromatic carbocycles. The number of fused-ring (bicyclic) bond motifs is 1. The Kier molecular flexibility index (Phi) is 2.85. The highest BCUT2D eigenvalue weighted by molar-refractivity contribution is 5.78. The minimum atomic E-state index is 0.270. The van der Waals surface area contributed by atoms with E-state index >= 15 is 0 Å². The molecule has 0 spiro atoms. The van der Waals surface area contributed by atoms with Gasteiger partial charge in [-0.2, -0.15) is 5.10 Å². The maximum Gasteiger partial charge on any atom is 0.0650 e. The van der Waals surface area contributed by atoms with Crippen LogP contribution in [0.4, 0.5) is 0 Å². The third-order valence-corrected chi connectivity index (χ3v) is 3.26. The van der Waals surface area contributed by atoms with Crippen molar-refractivity contribution < 1.29 is 0 Å². The Labute approximate surface area is 107 Å². The summed E-state index contributed by atoms with van der Waals surface area (Å²) in [5, 5.41) is 8.15. The lowest BCUT2D eigenvalue weighted by atomic mass is 9.93. The number of hydrogen-bond acceptors (Lipinski definition) is 1. The van der Waals surface area contributed by atoms with Gasteiger partial charge in [-0.15, -0.1) is 0 Å². The summed E-state index contributed by atoms with van der Waals surface area (Å²) >= 11 is 0. The Morgan fingerprint density at radius 3 is 2.78 bits per heavy atom. The number of aromatic amines is 1. The summed E-state index contributed by atoms with van der Waals surface area (Å²) < 4.78 is 0. The van der Waals surface area contributed by atoms with Crippen molar-refractivity contribution in [3.8, 4) is 0 Å². The van der Waals surface area contributed by atoms with Gasteiger partial charge in [0.25, 0.3) is 0 Å². The van der Waals surface area contributed by atoms with Crippen molar-refractivity contribution in [1.29, 1.82) is 0 Å². The van der Waals surface area contributed by atoms with Crippen LogP contribution in [0.3, 0.4) is 0 Å². The fraction of sp³-hybridized carbons (Fsp3) is 0.125. The summed E-state index contributed by atoms with van der Waals surface area (Å²) in [4.78, 5) is 0. The predicted molar refractivity (Wildman–Crippen MR) is 74.3 cm³/mol. The smallest absolute Gasteiger partial charge is 0.0650 e. The van der Waals surface area contributed by atoms with E-state index in [2.05, 4.69) is 59.6 Å². The Balaban J connectivity index is 1.85. The predicted octanol–water partition coefficient (Wildman–Crippen LogP) is 3.72. The number of aromatic nitrogens is 2. The van der Waals surface area contributed by atoms with E-state index in [0.29, 0.717) is 0 Å². The van der Waals surface area contributed by atoms with Crippen molar-refractivity contribution in [1.82, 2.24) is 10.2 Å². The maximum atomic E-state index is 4.26. The number of nitrogens with one attached hydrogen (secondary N) is 1. The number of H-pyrrole nitrogens is 1. The first-order chi connectivity index (χ1) is 8.83. The molecule has 2 heteroatoms. The van der Waals surface area contributed by atoms with Gasteiger partial charge < -0.3 is 0 Å². The molecule has 1 atom stereocenters. The molecule has 0 bridgehead atoms. The summed E-state index contributed by atoms with van der Waals surface area (Å²) in [5.74, 6) is 0.270. The molecule has 0 amide bonds. The third kappa shape index (κ3) is 2.14. The third-order valence-electron chi connectivity index (χ3n) is 3.26. The zero-order valence-corrected chi connectivity index (χ0v) is 10.1. The van der Waals surface area contributed by atoms with Gasteiger partial charge in [0, 0.05) is 5.39 Å². The zero-order chi connectivity index (χ0) is 12.4. The topological polar surface area (TPSA) is 28.7 Å². The van der Waals surface area contributed by atoms with Gasteiger partial charge in [-0.1, -0.05) is 36.4 Å². The van der Waals surface area contributed by atoms with Crippen molar-refractivity contribution in [3.63, 3.8) is 0 Å². The molecule has 3 rings (SSSR count). The SMILES string of the molecule is [CH2]C(Cc1ccccc1)c1ccc2[nH]ncc2c1. The Morgan fingerprint density at radius 1 is 1.11 bits per heavy atom. The van der Waals surface area contributed by atoms with E-state index in [1.165, 1.54) is 11.1 Å². The van der Waals surface area contributed by atoms with Crippen molar-refractivity contribution in [3.05, 3.63) is 72.8 Å². The molecule has 89 valence electrons. The first-order valence-electron chi connectivity index (χ1n) is 6.13. The lowest BCUT2D eigenvalue weighted by Gasteiger charge is -2.11. The van der Waals surface area contributed by atoms with E-state index < -0.39 is 0 Å². The Bertz CT molecular complexity index is 640. The average Bonchev–Trinajstić information content (AvgIpc) is 2.87. The first kappa shape index (κ1) is 11.0. The molecule has 0 saturated heterocycles. The van der Waals surface area contributed by atoms with Crippen LogP contribution < -0.4 is 0 Å². The van der Waals surface area contributed by atoms with Crippen LogP contribution in [0.5, 0.6) is 0 Å². The van der Waals surface area contributed by atoms with Gasteiger partial charge in [0.1, 0.15) is 0 Å². The van der Waals surface area contributed by atoms with Crippen molar-refractivity contribution in [2.24, 2.45) is 0 Å². The highest BCUT2D eigenvalue weighted by Crippen LogP contribution is 2.23. The number of nitrogens with zero attached hydrogens (tertiary/aromatic N) is 1. The van der Waals surface area contributed by atoms with Gasteiger partial charge in [0.15, 0.2) is 0 Å². The van der Waals surface area contributed by atoms with Crippen LogP contribution in [0.1, 0.15) is 17.0 Å². The molecule has 0 fully saturated rings. The summed E-state index contributed by atoms with van der Waals surface area (Å²) in [6, 6.07) is 16.8. The van der Waals surface area contributed by atoms with Crippen LogP contribution in [0.2, 0.25) is 0 Å². The fourth-order valence-corrected chi connectivity index (χ4v) is 2.23. The van der Waals surface area contributed by atoms with Crippen LogP contribution >= 0.6 is 0 Å². The molecule has 1 heterocycles. The van der Waals surface area contributed by atoms with Gasteiger partial charge in [-0.05, 0) is 42.5 Å². The highest BCUT2D eigenvalue weighted by atomic mass is 15.1. The van der Waals surface area contributed by atoms with Crippen LogP contribution in [0.25, 0.3) is 10.9 Å². The standard InChI is InChI=1S/C16H15N2/c1-12(9-13-5-3-2-4-6-13)14-7-8-16-15(10-14)11-17-18-16/h2-8,10-12H,1,9H2,(H,17,18). The molecule has 1 aromatic heterocycles. The van der Waals surface area contributed by atoms with E-state index in [4.69, 9.17) is 0 Å². The second-order valence-electron chi connectivity index (χ2n) is 4.60. The summed E-state index contributed by atoms with van der Waals surface area (Å²) in [5.41, 5.74) is 3.66. The molecule has 1 N–H and O–H groups in total. The maximum absolute atomic E-state index is 4.26. The number of rotatable bonds is 3. The quantitative estimate of drug-likeness (QED) is 0.736. The van der Waals surface area contributed by atoms with Gasteiger partial charge in [0.05, 0.1) is 11.7 Å². The molecule has 0 saturated carbocycles. The zero-order valence-electron chi connectivity index (χ0n) is 10.1. The van der Waals surface area contributed by atoms with Gasteiger partial charge in [-0.25, -0.2) is 0 Å². The Hall–Kier alpha value is -2.09. The van der Waals surface area contributed by atoms with Crippen LogP contribution in [-0.4, -0.2) is 10.2 Å². The molecule has 1 unspecified atom stereocenters. The summed E-state index contributed by atoms with van der Waals surface area (Å²) in [6.45, 7) is 4.26. The number of benzene rings is 2. The van der Waals surface area contributed by atoms with E-state index in [0.717, 1.165) is 17.3 Å². The van der Waals surface area contributed by atoms with Crippen molar-refractivity contribution >= 4 is 10.9 Å². The molecule has 18 heavy (non-hydrogen) atoms. The highest BCUT2D eigenvalue weighted by Gasteiger charge is 2.07. The Morgan fingerprint density at radius 2 is 1.94 bits per heavy atom. The van der Waals surface area contributed by atoms with E-state index in [1.54, 1.807) is 0 Å². The molecular formula is C16H15N2. The monoisotopic (exact) mass is 235 g/mol. The number of hydrogen-bond donors (Lipinski definition) is 1. The van der Waals surface area contributed by atoms with E-state index in [1.807, 2.05) is 12.3 Å². The van der Waals surface area contributed by atoms with Gasteiger partial charge in [-0.3, -0.25) is 5.10 Å². The van der Waals surface area contributed by atoms with Crippen LogP contribution in [0, 0.1) is 6.92 Å². The summed E-state index contributed by atoms with van der Waals surface area (Å²) in [7, 11) is 0. The molecule has 3 aromatic rings. The van der Waals surface area contributed by atoms with Gasteiger partial charge >= 0.3 is 0 Å². The molecular weight excluding hydrogens is 220 g/mol. The fourth-order valence-electron chi connectivity index (χ4n) is 2.23. The van der Waals surface area contributed by atoms with Crippen LogP contribution in [-0.2, 0) is 6.42 Å². The summed E-state index contributed by atoms with van der Waals surface area (Å²) in [6.07, 6.45) is 2.82. The first-order valence-corrected chi connectivity index (χ1v) is 6.13. The molecule has 0 aliphatic rings. The van der Waals surface area contributed by atoms with E-state index in [9.17, 15) is 0 Å². The molecule has 1 radical (unpaired) electrons. The molecule has 0 aliphatic heterocycles. The van der Waals surface area contributed by atoms with Crippen LogP contribution in [0.15, 0.2) is 54.7 Å². The molecule has 2 nitrogen and oxygen atoms in total. The second-order valence-corrected chi connectivity index (χ2v) is 4.60. The van der Waals surface area contributed by atoms with Crippen molar-refractivity contribution in [2.75, 3.05) is 0 Å². The second kappa shape index (κ2) is 4.65.